The lowest BCUT2D eigenvalue weighted by Crippen LogP contribution is -2.41. The molecule has 0 aromatic heterocycles. The quantitative estimate of drug-likeness (QED) is 0.713. The van der Waals surface area contributed by atoms with Crippen LogP contribution in [0.15, 0.2) is 41.3 Å². The molecule has 1 N–H and O–H groups in total. The monoisotopic (exact) mass is 444 g/mol. The lowest BCUT2D eigenvalue weighted by molar-refractivity contribution is -0.120. The smallest absolute Gasteiger partial charge is 0.337 e. The van der Waals surface area contributed by atoms with Crippen LogP contribution in [0.2, 0.25) is 0 Å². The molecule has 0 spiro atoms. The third-order valence-electron chi connectivity index (χ3n) is 5.68. The third kappa shape index (κ3) is 4.97. The van der Waals surface area contributed by atoms with E-state index in [0.717, 1.165) is 16.7 Å². The number of methoxy groups -OCH3 is 1. The second kappa shape index (κ2) is 9.20. The maximum atomic E-state index is 13.0. The van der Waals surface area contributed by atoms with Crippen molar-refractivity contribution in [1.82, 2.24) is 4.31 Å². The van der Waals surface area contributed by atoms with Crippen LogP contribution >= 0.6 is 0 Å². The summed E-state index contributed by atoms with van der Waals surface area (Å²) in [5.41, 5.74) is 3.55. The number of carbonyl (C=O) groups excluding carboxylic acids is 2. The van der Waals surface area contributed by atoms with E-state index in [2.05, 4.69) is 5.32 Å². The van der Waals surface area contributed by atoms with Gasteiger partial charge in [-0.15, -0.1) is 0 Å². The average molecular weight is 445 g/mol. The molecular formula is C23H28N2O5S. The first kappa shape index (κ1) is 23.0. The Balaban J connectivity index is 1.64. The fraction of sp³-hybridized carbons (Fsp3) is 0.391. The minimum absolute atomic E-state index is 0.141. The van der Waals surface area contributed by atoms with Gasteiger partial charge in [-0.3, -0.25) is 4.79 Å². The Bertz CT molecular complexity index is 1100. The standard InChI is InChI=1S/C23H28N2O5S/c1-15-5-8-21(17(3)13-15)31(28,29)25-11-9-18(10-12-25)22(26)24-20-7-6-19(14-16(20)2)23(27)30-4/h5-8,13-14,18H,9-12H2,1-4H3,(H,24,26). The summed E-state index contributed by atoms with van der Waals surface area (Å²) in [4.78, 5) is 24.7. The summed E-state index contributed by atoms with van der Waals surface area (Å²) in [7, 11) is -2.26. The van der Waals surface area contributed by atoms with Crippen molar-refractivity contribution in [3.8, 4) is 0 Å². The first-order chi connectivity index (χ1) is 14.6. The van der Waals surface area contributed by atoms with Gasteiger partial charge in [0, 0.05) is 24.7 Å². The number of anilines is 1. The molecule has 0 radical (unpaired) electrons. The van der Waals surface area contributed by atoms with E-state index >= 15 is 0 Å². The number of sulfonamides is 1. The molecule has 1 aliphatic rings. The van der Waals surface area contributed by atoms with Crippen LogP contribution in [-0.2, 0) is 19.6 Å². The van der Waals surface area contributed by atoms with Crippen molar-refractivity contribution in [2.45, 2.75) is 38.5 Å². The van der Waals surface area contributed by atoms with E-state index in [1.807, 2.05) is 13.0 Å². The second-order valence-corrected chi connectivity index (χ2v) is 9.86. The number of amides is 1. The van der Waals surface area contributed by atoms with Gasteiger partial charge in [0.05, 0.1) is 17.6 Å². The highest BCUT2D eigenvalue weighted by molar-refractivity contribution is 7.89. The summed E-state index contributed by atoms with van der Waals surface area (Å²) >= 11 is 0. The Morgan fingerprint density at radius 2 is 1.68 bits per heavy atom. The molecule has 1 aliphatic heterocycles. The number of piperidine rings is 1. The van der Waals surface area contributed by atoms with E-state index in [0.29, 0.717) is 42.1 Å². The predicted molar refractivity (Wildman–Crippen MR) is 119 cm³/mol. The van der Waals surface area contributed by atoms with Gasteiger partial charge < -0.3 is 10.1 Å². The van der Waals surface area contributed by atoms with Crippen LogP contribution in [0.5, 0.6) is 0 Å². The highest BCUT2D eigenvalue weighted by Gasteiger charge is 2.33. The zero-order chi connectivity index (χ0) is 22.8. The van der Waals surface area contributed by atoms with E-state index in [4.69, 9.17) is 4.74 Å². The molecular weight excluding hydrogens is 416 g/mol. The molecule has 166 valence electrons. The molecule has 1 fully saturated rings. The van der Waals surface area contributed by atoms with E-state index in [9.17, 15) is 18.0 Å². The van der Waals surface area contributed by atoms with Crippen LogP contribution in [0.4, 0.5) is 5.69 Å². The second-order valence-electron chi connectivity index (χ2n) is 7.96. The van der Waals surface area contributed by atoms with E-state index in [1.165, 1.54) is 11.4 Å². The van der Waals surface area contributed by atoms with Crippen LogP contribution in [0.3, 0.4) is 0 Å². The van der Waals surface area contributed by atoms with E-state index in [1.54, 1.807) is 44.2 Å². The minimum Gasteiger partial charge on any atom is -0.465 e. The minimum atomic E-state index is -3.58. The molecule has 0 atom stereocenters. The molecule has 0 saturated carbocycles. The Kier molecular flexibility index (Phi) is 6.81. The molecule has 2 aromatic rings. The number of benzene rings is 2. The van der Waals surface area contributed by atoms with Gasteiger partial charge in [-0.1, -0.05) is 17.7 Å². The number of hydrogen-bond acceptors (Lipinski definition) is 5. The van der Waals surface area contributed by atoms with Crippen molar-refractivity contribution >= 4 is 27.6 Å². The Labute approximate surface area is 183 Å². The number of rotatable bonds is 5. The summed E-state index contributed by atoms with van der Waals surface area (Å²) in [6.07, 6.45) is 0.907. The average Bonchev–Trinajstić information content (AvgIpc) is 2.74. The van der Waals surface area contributed by atoms with Crippen molar-refractivity contribution in [3.05, 3.63) is 58.7 Å². The molecule has 1 heterocycles. The highest BCUT2D eigenvalue weighted by atomic mass is 32.2. The number of aryl methyl sites for hydroxylation is 3. The number of ether oxygens (including phenoxy) is 1. The summed E-state index contributed by atoms with van der Waals surface area (Å²) in [6, 6.07) is 10.3. The highest BCUT2D eigenvalue weighted by Crippen LogP contribution is 2.27. The maximum absolute atomic E-state index is 13.0. The molecule has 1 saturated heterocycles. The van der Waals surface area contributed by atoms with E-state index in [-0.39, 0.29) is 11.8 Å². The van der Waals surface area contributed by atoms with Gasteiger partial charge in [0.1, 0.15) is 0 Å². The Hall–Kier alpha value is -2.71. The molecule has 31 heavy (non-hydrogen) atoms. The number of esters is 1. The van der Waals surface area contributed by atoms with Gasteiger partial charge in [-0.25, -0.2) is 13.2 Å². The van der Waals surface area contributed by atoms with Crippen LogP contribution in [0, 0.1) is 26.7 Å². The van der Waals surface area contributed by atoms with Crippen molar-refractivity contribution < 1.29 is 22.7 Å². The molecule has 8 heteroatoms. The zero-order valence-corrected chi connectivity index (χ0v) is 19.1. The number of nitrogens with one attached hydrogen (secondary N) is 1. The molecule has 2 aromatic carbocycles. The Morgan fingerprint density at radius 1 is 1.00 bits per heavy atom. The normalized spacial score (nSPS) is 15.5. The summed E-state index contributed by atoms with van der Waals surface area (Å²) in [5.74, 6) is -0.846. The summed E-state index contributed by atoms with van der Waals surface area (Å²) < 4.78 is 32.2. The van der Waals surface area contributed by atoms with Gasteiger partial charge in [0.25, 0.3) is 0 Å². The SMILES string of the molecule is COC(=O)c1ccc(NC(=O)C2CCN(S(=O)(=O)c3ccc(C)cc3C)CC2)c(C)c1. The van der Waals surface area contributed by atoms with Crippen molar-refractivity contribution in [3.63, 3.8) is 0 Å². The fourth-order valence-electron chi connectivity index (χ4n) is 3.87. The Morgan fingerprint density at radius 3 is 2.26 bits per heavy atom. The van der Waals surface area contributed by atoms with Gasteiger partial charge in [0.15, 0.2) is 0 Å². The molecule has 0 unspecified atom stereocenters. The van der Waals surface area contributed by atoms with Gasteiger partial charge in [-0.05, 0) is 69.0 Å². The first-order valence-electron chi connectivity index (χ1n) is 10.2. The number of nitrogens with zero attached hydrogens (tertiary/aromatic N) is 1. The molecule has 3 rings (SSSR count). The lowest BCUT2D eigenvalue weighted by atomic mass is 9.97. The maximum Gasteiger partial charge on any atom is 0.337 e. The van der Waals surface area contributed by atoms with Crippen molar-refractivity contribution in [2.75, 3.05) is 25.5 Å². The van der Waals surface area contributed by atoms with Gasteiger partial charge in [-0.2, -0.15) is 4.31 Å². The van der Waals surface area contributed by atoms with Crippen molar-refractivity contribution in [1.29, 1.82) is 0 Å². The molecule has 0 aliphatic carbocycles. The number of carbonyl (C=O) groups is 2. The lowest BCUT2D eigenvalue weighted by Gasteiger charge is -2.31. The van der Waals surface area contributed by atoms with Crippen LogP contribution in [0.25, 0.3) is 0 Å². The zero-order valence-electron chi connectivity index (χ0n) is 18.3. The third-order valence-corrected chi connectivity index (χ3v) is 7.74. The largest absolute Gasteiger partial charge is 0.465 e. The van der Waals surface area contributed by atoms with E-state index < -0.39 is 16.0 Å². The van der Waals surface area contributed by atoms with Crippen LogP contribution in [0.1, 0.15) is 39.9 Å². The topological polar surface area (TPSA) is 92.8 Å². The van der Waals surface area contributed by atoms with Crippen LogP contribution < -0.4 is 5.32 Å². The summed E-state index contributed by atoms with van der Waals surface area (Å²) in [6.45, 7) is 6.13. The molecule has 0 bridgehead atoms. The first-order valence-corrected chi connectivity index (χ1v) is 11.6. The number of hydrogen-bond donors (Lipinski definition) is 1. The molecule has 7 nitrogen and oxygen atoms in total. The van der Waals surface area contributed by atoms with Gasteiger partial charge in [0.2, 0.25) is 15.9 Å². The fourth-order valence-corrected chi connectivity index (χ4v) is 5.55. The molecule has 1 amide bonds. The predicted octanol–water partition coefficient (Wildman–Crippen LogP) is 3.44. The van der Waals surface area contributed by atoms with Gasteiger partial charge >= 0.3 is 5.97 Å². The summed E-state index contributed by atoms with van der Waals surface area (Å²) in [5, 5.41) is 2.91. The van der Waals surface area contributed by atoms with Crippen LogP contribution in [-0.4, -0.2) is 44.8 Å². The van der Waals surface area contributed by atoms with Crippen molar-refractivity contribution in [2.24, 2.45) is 5.92 Å².